The molecule has 0 spiro atoms. The molecule has 21 heteroatoms. The minimum Gasteiger partial charge on any atom is -0.481 e. The van der Waals surface area contributed by atoms with Crippen LogP contribution in [0.15, 0.2) is 54.6 Å². The predicted octanol–water partition coefficient (Wildman–Crippen LogP) is 4.53. The van der Waals surface area contributed by atoms with Gasteiger partial charge in [0, 0.05) is 90.6 Å². The Morgan fingerprint density at radius 1 is 0.800 bits per heavy atom. The van der Waals surface area contributed by atoms with E-state index < -0.39 is 72.7 Å². The van der Waals surface area contributed by atoms with Crippen molar-refractivity contribution in [3.8, 4) is 11.5 Å². The lowest BCUT2D eigenvalue weighted by Crippen LogP contribution is -2.64. The summed E-state index contributed by atoms with van der Waals surface area (Å²) in [5.74, 6) is -4.38. The SMILES string of the molecule is COC(=O)[C@H]1O[C@@H](Oc2ccc(COC(=O)N(C)CCN(C)C(=O)Oc3cc4c(c5ccccc35)[C@H](CCl)CN4C(=O)CCCC(=O)O)cc2)[C@H](OC(C)=O)[C@@H](OC(C)=O)[C@@H]1OC(C)=O. The van der Waals surface area contributed by atoms with Crippen molar-refractivity contribution in [1.29, 1.82) is 0 Å². The van der Waals surface area contributed by atoms with Gasteiger partial charge in [-0.3, -0.25) is 24.0 Å². The highest BCUT2D eigenvalue weighted by molar-refractivity contribution is 6.19. The van der Waals surface area contributed by atoms with Gasteiger partial charge in [0.2, 0.25) is 18.3 Å². The quantitative estimate of drug-likeness (QED) is 0.111. The van der Waals surface area contributed by atoms with Gasteiger partial charge in [-0.1, -0.05) is 36.4 Å². The molecular weight excluding hydrogens is 878 g/mol. The molecule has 5 rings (SSSR count). The van der Waals surface area contributed by atoms with Crippen molar-refractivity contribution in [2.45, 2.75) is 83.3 Å². The first-order chi connectivity index (χ1) is 30.9. The van der Waals surface area contributed by atoms with Gasteiger partial charge in [-0.25, -0.2) is 14.4 Å². The van der Waals surface area contributed by atoms with Crippen LogP contribution in [0.3, 0.4) is 0 Å². The number of carbonyl (C=O) groups excluding carboxylic acids is 7. The Morgan fingerprint density at radius 3 is 2.00 bits per heavy atom. The van der Waals surface area contributed by atoms with E-state index in [9.17, 15) is 38.4 Å². The summed E-state index contributed by atoms with van der Waals surface area (Å²) in [6, 6.07) is 15.0. The molecule has 6 atom stereocenters. The molecule has 2 aliphatic heterocycles. The zero-order chi connectivity index (χ0) is 47.5. The lowest BCUT2D eigenvalue weighted by atomic mass is 9.95. The normalized spacial score (nSPS) is 19.8. The monoisotopic (exact) mass is 927 g/mol. The molecule has 350 valence electrons. The molecule has 0 unspecified atom stereocenters. The van der Waals surface area contributed by atoms with Gasteiger partial charge in [0.25, 0.3) is 0 Å². The predicted molar refractivity (Wildman–Crippen MR) is 227 cm³/mol. The van der Waals surface area contributed by atoms with E-state index in [0.717, 1.165) is 38.8 Å². The number of benzene rings is 3. The topological polar surface area (TPSA) is 240 Å². The number of ether oxygens (including phenoxy) is 8. The molecule has 20 nitrogen and oxygen atoms in total. The standard InChI is InChI=1S/C44H50ClN3O17/c1-24(49)60-37-38(61-25(2)50)40(62-26(3)51)42(65-39(37)41(55)58-6)63-29-16-14-27(15-17-29)23-59-43(56)46(4)18-19-47(5)44(57)64-33-20-32-36(31-11-8-7-10-30(31)33)28(21-45)22-48(32)34(52)12-9-13-35(53)54/h7-8,10-11,14-17,20,28,37-40,42H,9,12-13,18-19,21-23H2,1-6H3,(H,53,54)/t28-,37+,38+,39+,40-,42-/m1/s1. The molecule has 3 aromatic carbocycles. The van der Waals surface area contributed by atoms with E-state index >= 15 is 0 Å². The van der Waals surface area contributed by atoms with Gasteiger partial charge < -0.3 is 57.7 Å². The van der Waals surface area contributed by atoms with E-state index in [4.69, 9.17) is 54.6 Å². The Balaban J connectivity index is 1.18. The van der Waals surface area contributed by atoms with Crippen LogP contribution < -0.4 is 14.4 Å². The van der Waals surface area contributed by atoms with E-state index in [2.05, 4.69) is 0 Å². The summed E-state index contributed by atoms with van der Waals surface area (Å²) >= 11 is 6.35. The molecule has 0 bridgehead atoms. The summed E-state index contributed by atoms with van der Waals surface area (Å²) in [4.78, 5) is 104. The Morgan fingerprint density at radius 2 is 1.40 bits per heavy atom. The number of halogens is 1. The maximum Gasteiger partial charge on any atom is 0.415 e. The van der Waals surface area contributed by atoms with E-state index in [1.807, 2.05) is 12.1 Å². The van der Waals surface area contributed by atoms with E-state index in [0.29, 0.717) is 23.2 Å². The van der Waals surface area contributed by atoms with Crippen molar-refractivity contribution < 1.29 is 81.4 Å². The van der Waals surface area contributed by atoms with Gasteiger partial charge in [-0.15, -0.1) is 11.6 Å². The Hall–Kier alpha value is -6.67. The zero-order valence-corrected chi connectivity index (χ0v) is 37.3. The molecule has 1 fully saturated rings. The van der Waals surface area contributed by atoms with Crippen LogP contribution in [0.2, 0.25) is 0 Å². The molecular formula is C44H50ClN3O17. The molecule has 65 heavy (non-hydrogen) atoms. The number of esters is 4. The van der Waals surface area contributed by atoms with Gasteiger partial charge in [-0.05, 0) is 35.1 Å². The number of anilines is 1. The van der Waals surface area contributed by atoms with Crippen LogP contribution in [0.5, 0.6) is 11.5 Å². The van der Waals surface area contributed by atoms with Gasteiger partial charge in [0.1, 0.15) is 18.1 Å². The third-order valence-corrected chi connectivity index (χ3v) is 10.7. The number of hydrogen-bond donors (Lipinski definition) is 1. The molecule has 0 saturated carbocycles. The average molecular weight is 928 g/mol. The number of hydrogen-bond acceptors (Lipinski definition) is 16. The average Bonchev–Trinajstić information content (AvgIpc) is 3.64. The van der Waals surface area contributed by atoms with Crippen LogP contribution in [0.25, 0.3) is 10.8 Å². The minimum absolute atomic E-state index is 0.0186. The molecule has 1 N–H and O–H groups in total. The van der Waals surface area contributed by atoms with E-state index in [1.54, 1.807) is 35.2 Å². The largest absolute Gasteiger partial charge is 0.481 e. The van der Waals surface area contributed by atoms with Crippen LogP contribution >= 0.6 is 11.6 Å². The molecule has 3 aromatic rings. The Labute approximate surface area is 378 Å². The second-order valence-corrected chi connectivity index (χ2v) is 15.5. The minimum atomic E-state index is -1.64. The first-order valence-electron chi connectivity index (χ1n) is 20.4. The lowest BCUT2D eigenvalue weighted by molar-refractivity contribution is -0.282. The fourth-order valence-corrected chi connectivity index (χ4v) is 7.52. The number of carbonyl (C=O) groups is 8. The highest BCUT2D eigenvalue weighted by atomic mass is 35.5. The number of fused-ring (bicyclic) bond motifs is 3. The van der Waals surface area contributed by atoms with Crippen LogP contribution in [0, 0.1) is 0 Å². The number of nitrogens with zero attached hydrogens (tertiary/aromatic N) is 3. The van der Waals surface area contributed by atoms with Crippen molar-refractivity contribution in [2.75, 3.05) is 51.6 Å². The number of likely N-dealkylation sites (N-methyl/N-ethyl adjacent to an activating group) is 2. The number of methoxy groups -OCH3 is 1. The highest BCUT2D eigenvalue weighted by Gasteiger charge is 2.56. The fraction of sp³-hybridized carbons (Fsp3) is 0.455. The van der Waals surface area contributed by atoms with E-state index in [1.165, 1.54) is 36.0 Å². The summed E-state index contributed by atoms with van der Waals surface area (Å²) in [5, 5.41) is 10.4. The Bertz CT molecular complexity index is 2270. The number of aliphatic carboxylic acids is 1. The third kappa shape index (κ3) is 12.5. The summed E-state index contributed by atoms with van der Waals surface area (Å²) in [6.45, 7) is 3.45. The first-order valence-corrected chi connectivity index (χ1v) is 20.9. The first kappa shape index (κ1) is 49.3. The summed E-state index contributed by atoms with van der Waals surface area (Å²) in [7, 11) is 4.06. The van der Waals surface area contributed by atoms with E-state index in [-0.39, 0.29) is 68.2 Å². The van der Waals surface area contributed by atoms with Gasteiger partial charge in [0.15, 0.2) is 18.3 Å². The number of alkyl halides is 1. The second-order valence-electron chi connectivity index (χ2n) is 15.2. The molecule has 3 amide bonds. The number of amides is 3. The van der Waals surface area contributed by atoms with Crippen LogP contribution in [0.1, 0.15) is 57.1 Å². The lowest BCUT2D eigenvalue weighted by Gasteiger charge is -2.43. The van der Waals surface area contributed by atoms with Crippen molar-refractivity contribution >= 4 is 76.0 Å². The molecule has 2 aliphatic rings. The van der Waals surface area contributed by atoms with Gasteiger partial charge in [-0.2, -0.15) is 0 Å². The molecule has 0 aromatic heterocycles. The Kier molecular flexibility index (Phi) is 16.9. The smallest absolute Gasteiger partial charge is 0.415 e. The molecule has 1 saturated heterocycles. The van der Waals surface area contributed by atoms with Crippen LogP contribution in [0.4, 0.5) is 15.3 Å². The maximum absolute atomic E-state index is 13.4. The van der Waals surface area contributed by atoms with Crippen LogP contribution in [-0.2, 0) is 63.8 Å². The van der Waals surface area contributed by atoms with Crippen LogP contribution in [-0.4, -0.2) is 140 Å². The molecule has 0 aliphatic carbocycles. The number of carboxylic acids is 1. The van der Waals surface area contributed by atoms with Crippen molar-refractivity contribution in [1.82, 2.24) is 9.80 Å². The van der Waals surface area contributed by atoms with Crippen molar-refractivity contribution in [3.05, 3.63) is 65.7 Å². The third-order valence-electron chi connectivity index (χ3n) is 10.4. The zero-order valence-electron chi connectivity index (χ0n) is 36.5. The highest BCUT2D eigenvalue weighted by Crippen LogP contribution is 2.46. The molecule has 2 heterocycles. The van der Waals surface area contributed by atoms with Gasteiger partial charge in [0.05, 0.1) is 12.8 Å². The van der Waals surface area contributed by atoms with Crippen molar-refractivity contribution in [2.24, 2.45) is 0 Å². The second kappa shape index (κ2) is 22.3. The van der Waals surface area contributed by atoms with Crippen molar-refractivity contribution in [3.63, 3.8) is 0 Å². The summed E-state index contributed by atoms with van der Waals surface area (Å²) in [6.07, 6.45) is -9.19. The summed E-state index contributed by atoms with van der Waals surface area (Å²) < 4.78 is 43.9. The molecule has 0 radical (unpaired) electrons. The number of rotatable bonds is 17. The fourth-order valence-electron chi connectivity index (χ4n) is 7.27. The maximum atomic E-state index is 13.4. The number of carboxylic acid groups (broad SMARTS) is 1. The summed E-state index contributed by atoms with van der Waals surface area (Å²) in [5.41, 5.74) is 1.90. The van der Waals surface area contributed by atoms with Gasteiger partial charge >= 0.3 is 42.0 Å².